The van der Waals surface area contributed by atoms with Gasteiger partial charge in [-0.25, -0.2) is 8.42 Å². The van der Waals surface area contributed by atoms with Crippen LogP contribution >= 0.6 is 0 Å². The standard InChI is InChI=1S/C12H23NO4S/c1-12(2,3)7-9-18(16,17)13-8-5-4-6-10(13)11(14)15/h10H,4-9H2,1-3H3,(H,14,15)/t10-/m0/s1. The number of sulfonamides is 1. The van der Waals surface area contributed by atoms with Gasteiger partial charge in [-0.05, 0) is 31.1 Å². The Morgan fingerprint density at radius 1 is 1.33 bits per heavy atom. The van der Waals surface area contributed by atoms with Crippen LogP contribution in [-0.2, 0) is 14.8 Å². The number of piperidine rings is 1. The van der Waals surface area contributed by atoms with Gasteiger partial charge < -0.3 is 5.11 Å². The van der Waals surface area contributed by atoms with E-state index in [0.29, 0.717) is 19.4 Å². The molecule has 1 atom stereocenters. The van der Waals surface area contributed by atoms with Crippen LogP contribution in [0, 0.1) is 5.41 Å². The van der Waals surface area contributed by atoms with Crippen molar-refractivity contribution in [3.8, 4) is 0 Å². The van der Waals surface area contributed by atoms with E-state index in [1.54, 1.807) is 0 Å². The van der Waals surface area contributed by atoms with Crippen molar-refractivity contribution in [3.63, 3.8) is 0 Å². The lowest BCUT2D eigenvalue weighted by molar-refractivity contribution is -0.142. The van der Waals surface area contributed by atoms with Crippen molar-refractivity contribution in [2.45, 2.75) is 52.5 Å². The second-order valence-electron chi connectivity index (χ2n) is 6.09. The highest BCUT2D eigenvalue weighted by Crippen LogP contribution is 2.25. The zero-order valence-corrected chi connectivity index (χ0v) is 12.2. The zero-order chi connectivity index (χ0) is 14.0. The lowest BCUT2D eigenvalue weighted by atomic mass is 9.94. The summed E-state index contributed by atoms with van der Waals surface area (Å²) in [4.78, 5) is 11.1. The van der Waals surface area contributed by atoms with Crippen LogP contribution in [-0.4, -0.2) is 42.1 Å². The van der Waals surface area contributed by atoms with Crippen molar-refractivity contribution in [2.75, 3.05) is 12.3 Å². The molecular weight excluding hydrogens is 254 g/mol. The average molecular weight is 277 g/mol. The molecule has 0 aromatic carbocycles. The van der Waals surface area contributed by atoms with E-state index in [2.05, 4.69) is 0 Å². The maximum Gasteiger partial charge on any atom is 0.322 e. The molecule has 18 heavy (non-hydrogen) atoms. The normalized spacial score (nSPS) is 22.9. The molecule has 0 aromatic rings. The van der Waals surface area contributed by atoms with Gasteiger partial charge in [-0.15, -0.1) is 0 Å². The van der Waals surface area contributed by atoms with Crippen LogP contribution in [0.4, 0.5) is 0 Å². The van der Waals surface area contributed by atoms with Gasteiger partial charge in [0.2, 0.25) is 10.0 Å². The van der Waals surface area contributed by atoms with Crippen LogP contribution in [0.3, 0.4) is 0 Å². The highest BCUT2D eigenvalue weighted by molar-refractivity contribution is 7.89. The molecule has 1 aliphatic rings. The maximum absolute atomic E-state index is 12.2. The summed E-state index contributed by atoms with van der Waals surface area (Å²) in [7, 11) is -3.46. The number of carbonyl (C=O) groups is 1. The molecule has 1 N–H and O–H groups in total. The van der Waals surface area contributed by atoms with Crippen LogP contribution < -0.4 is 0 Å². The quantitative estimate of drug-likeness (QED) is 0.848. The summed E-state index contributed by atoms with van der Waals surface area (Å²) in [5, 5.41) is 9.09. The van der Waals surface area contributed by atoms with E-state index in [-0.39, 0.29) is 11.2 Å². The Hall–Kier alpha value is -0.620. The first-order chi connectivity index (χ1) is 8.13. The number of carboxylic acids is 1. The number of aliphatic carboxylic acids is 1. The molecule has 1 heterocycles. The summed E-state index contributed by atoms with van der Waals surface area (Å²) in [5.74, 6) is -1.01. The fourth-order valence-electron chi connectivity index (χ4n) is 2.04. The van der Waals surface area contributed by atoms with Gasteiger partial charge in [0.25, 0.3) is 0 Å². The Labute approximate surface area is 109 Å². The van der Waals surface area contributed by atoms with Gasteiger partial charge in [0, 0.05) is 6.54 Å². The molecule has 0 spiro atoms. The number of rotatable bonds is 4. The number of hydrogen-bond acceptors (Lipinski definition) is 3. The van der Waals surface area contributed by atoms with E-state index in [1.165, 1.54) is 4.31 Å². The molecule has 0 aliphatic carbocycles. The summed E-state index contributed by atoms with van der Waals surface area (Å²) < 4.78 is 25.6. The molecular formula is C12H23NO4S. The Bertz CT molecular complexity index is 397. The van der Waals surface area contributed by atoms with E-state index >= 15 is 0 Å². The molecule has 0 saturated carbocycles. The molecule has 0 radical (unpaired) electrons. The van der Waals surface area contributed by atoms with Crippen molar-refractivity contribution in [1.29, 1.82) is 0 Å². The molecule has 0 bridgehead atoms. The predicted molar refractivity (Wildman–Crippen MR) is 69.8 cm³/mol. The van der Waals surface area contributed by atoms with Gasteiger partial charge in [-0.3, -0.25) is 4.79 Å². The molecule has 1 rings (SSSR count). The van der Waals surface area contributed by atoms with Gasteiger partial charge in [0.1, 0.15) is 6.04 Å². The minimum absolute atomic E-state index is 0.0281. The second kappa shape index (κ2) is 5.57. The van der Waals surface area contributed by atoms with E-state index in [9.17, 15) is 13.2 Å². The largest absolute Gasteiger partial charge is 0.480 e. The third-order valence-electron chi connectivity index (χ3n) is 3.21. The van der Waals surface area contributed by atoms with Crippen LogP contribution in [0.25, 0.3) is 0 Å². The maximum atomic E-state index is 12.2. The first kappa shape index (κ1) is 15.4. The Kier molecular flexibility index (Phi) is 4.78. The van der Waals surface area contributed by atoms with Gasteiger partial charge >= 0.3 is 5.97 Å². The monoisotopic (exact) mass is 277 g/mol. The van der Waals surface area contributed by atoms with Gasteiger partial charge in [-0.1, -0.05) is 20.8 Å². The average Bonchev–Trinajstić information content (AvgIpc) is 2.26. The summed E-state index contributed by atoms with van der Waals surface area (Å²) in [6.45, 7) is 6.28. The van der Waals surface area contributed by atoms with Crippen LogP contribution in [0.5, 0.6) is 0 Å². The first-order valence-electron chi connectivity index (χ1n) is 6.36. The van der Waals surface area contributed by atoms with E-state index < -0.39 is 22.0 Å². The van der Waals surface area contributed by atoms with Crippen LogP contribution in [0.15, 0.2) is 0 Å². The second-order valence-corrected chi connectivity index (χ2v) is 8.13. The van der Waals surface area contributed by atoms with E-state index in [1.807, 2.05) is 20.8 Å². The number of hydrogen-bond donors (Lipinski definition) is 1. The fraction of sp³-hybridized carbons (Fsp3) is 0.917. The Morgan fingerprint density at radius 2 is 1.94 bits per heavy atom. The number of nitrogens with zero attached hydrogens (tertiary/aromatic N) is 1. The molecule has 5 nitrogen and oxygen atoms in total. The molecule has 1 fully saturated rings. The molecule has 0 unspecified atom stereocenters. The summed E-state index contributed by atoms with van der Waals surface area (Å²) in [6.07, 6.45) is 2.49. The first-order valence-corrected chi connectivity index (χ1v) is 7.97. The lowest BCUT2D eigenvalue weighted by Crippen LogP contribution is -2.48. The molecule has 1 saturated heterocycles. The van der Waals surface area contributed by atoms with Gasteiger partial charge in [0.15, 0.2) is 0 Å². The third kappa shape index (κ3) is 4.24. The van der Waals surface area contributed by atoms with Gasteiger partial charge in [-0.2, -0.15) is 4.31 Å². The highest BCUT2D eigenvalue weighted by atomic mass is 32.2. The predicted octanol–water partition coefficient (Wildman–Crippen LogP) is 1.69. The Morgan fingerprint density at radius 3 is 2.44 bits per heavy atom. The molecule has 6 heteroatoms. The van der Waals surface area contributed by atoms with E-state index in [0.717, 1.165) is 12.8 Å². The van der Waals surface area contributed by atoms with Crippen molar-refractivity contribution in [2.24, 2.45) is 5.41 Å². The highest BCUT2D eigenvalue weighted by Gasteiger charge is 2.36. The van der Waals surface area contributed by atoms with Crippen molar-refractivity contribution in [1.82, 2.24) is 4.31 Å². The third-order valence-corrected chi connectivity index (χ3v) is 5.08. The Balaban J connectivity index is 2.78. The van der Waals surface area contributed by atoms with Crippen LogP contribution in [0.1, 0.15) is 46.5 Å². The summed E-state index contributed by atoms with van der Waals surface area (Å²) in [5.41, 5.74) is -0.0679. The minimum atomic E-state index is -3.46. The lowest BCUT2D eigenvalue weighted by Gasteiger charge is -2.32. The summed E-state index contributed by atoms with van der Waals surface area (Å²) in [6, 6.07) is -0.872. The van der Waals surface area contributed by atoms with Gasteiger partial charge in [0.05, 0.1) is 5.75 Å². The fourth-order valence-corrected chi connectivity index (χ4v) is 4.13. The molecule has 106 valence electrons. The van der Waals surface area contributed by atoms with Crippen molar-refractivity contribution >= 4 is 16.0 Å². The topological polar surface area (TPSA) is 74.7 Å². The van der Waals surface area contributed by atoms with Crippen molar-refractivity contribution < 1.29 is 18.3 Å². The molecule has 1 aliphatic heterocycles. The number of carboxylic acid groups (broad SMARTS) is 1. The van der Waals surface area contributed by atoms with Crippen molar-refractivity contribution in [3.05, 3.63) is 0 Å². The van der Waals surface area contributed by atoms with E-state index in [4.69, 9.17) is 5.11 Å². The zero-order valence-electron chi connectivity index (χ0n) is 11.3. The molecule has 0 amide bonds. The smallest absolute Gasteiger partial charge is 0.322 e. The SMILES string of the molecule is CC(C)(C)CCS(=O)(=O)N1CCCC[C@H]1C(=O)O. The minimum Gasteiger partial charge on any atom is -0.480 e. The summed E-state index contributed by atoms with van der Waals surface area (Å²) >= 11 is 0. The van der Waals surface area contributed by atoms with Crippen LogP contribution in [0.2, 0.25) is 0 Å². The molecule has 0 aromatic heterocycles.